The van der Waals surface area contributed by atoms with E-state index in [9.17, 15) is 9.18 Å². The van der Waals surface area contributed by atoms with Crippen molar-refractivity contribution in [1.29, 1.82) is 0 Å². The van der Waals surface area contributed by atoms with Crippen molar-refractivity contribution >= 4 is 29.0 Å². The predicted molar refractivity (Wildman–Crippen MR) is 111 cm³/mol. The Morgan fingerprint density at radius 3 is 2.62 bits per heavy atom. The summed E-state index contributed by atoms with van der Waals surface area (Å²) >= 11 is 1.19. The standard InChI is InChI=1S/C21H18FN5OS/c1-2-14-7-9-15(10-8-14)17-11-12-19-24-25-21(27(19)26-17)29-13-20(28)23-18-6-4-3-5-16(18)22/h3-12H,2,13H2,1H3,(H,23,28). The first-order valence-corrected chi connectivity index (χ1v) is 10.1. The van der Waals surface area contributed by atoms with Gasteiger partial charge in [-0.15, -0.1) is 10.2 Å². The summed E-state index contributed by atoms with van der Waals surface area (Å²) in [7, 11) is 0. The lowest BCUT2D eigenvalue weighted by Crippen LogP contribution is -2.15. The van der Waals surface area contributed by atoms with E-state index in [-0.39, 0.29) is 17.3 Å². The van der Waals surface area contributed by atoms with Crippen LogP contribution in [0.25, 0.3) is 16.9 Å². The molecule has 2 heterocycles. The molecule has 0 saturated carbocycles. The Balaban J connectivity index is 1.50. The lowest BCUT2D eigenvalue weighted by atomic mass is 10.1. The van der Waals surface area contributed by atoms with Crippen LogP contribution in [0.3, 0.4) is 0 Å². The smallest absolute Gasteiger partial charge is 0.234 e. The quantitative estimate of drug-likeness (QED) is 0.485. The maximum atomic E-state index is 13.7. The van der Waals surface area contributed by atoms with Gasteiger partial charge in [0.05, 0.1) is 17.1 Å². The van der Waals surface area contributed by atoms with Gasteiger partial charge in [0.15, 0.2) is 5.65 Å². The SMILES string of the molecule is CCc1ccc(-c2ccc3nnc(SCC(=O)Nc4ccccc4F)n3n2)cc1. The van der Waals surface area contributed by atoms with Crippen LogP contribution in [0.2, 0.25) is 0 Å². The van der Waals surface area contributed by atoms with Gasteiger partial charge in [0.2, 0.25) is 11.1 Å². The van der Waals surface area contributed by atoms with Crippen LogP contribution in [0.15, 0.2) is 65.8 Å². The summed E-state index contributed by atoms with van der Waals surface area (Å²) < 4.78 is 15.3. The molecule has 0 aliphatic rings. The fourth-order valence-electron chi connectivity index (χ4n) is 2.80. The topological polar surface area (TPSA) is 72.2 Å². The maximum absolute atomic E-state index is 13.7. The van der Waals surface area contributed by atoms with Crippen molar-refractivity contribution in [3.63, 3.8) is 0 Å². The third-order valence-corrected chi connectivity index (χ3v) is 5.29. The first-order valence-electron chi connectivity index (χ1n) is 9.13. The Kier molecular flexibility index (Phi) is 5.53. The molecule has 0 unspecified atom stereocenters. The van der Waals surface area contributed by atoms with Crippen LogP contribution in [-0.2, 0) is 11.2 Å². The van der Waals surface area contributed by atoms with Gasteiger partial charge in [-0.2, -0.15) is 9.61 Å². The van der Waals surface area contributed by atoms with E-state index >= 15 is 0 Å². The molecule has 0 atom stereocenters. The first kappa shape index (κ1) is 19.1. The zero-order chi connectivity index (χ0) is 20.2. The number of amides is 1. The number of thioether (sulfide) groups is 1. The molecule has 4 aromatic rings. The molecule has 2 aromatic heterocycles. The van der Waals surface area contributed by atoms with E-state index in [1.165, 1.54) is 29.5 Å². The van der Waals surface area contributed by atoms with Crippen LogP contribution < -0.4 is 5.32 Å². The summed E-state index contributed by atoms with van der Waals surface area (Å²) in [5.74, 6) is -0.742. The van der Waals surface area contributed by atoms with Crippen molar-refractivity contribution in [3.05, 3.63) is 72.0 Å². The number of aromatic nitrogens is 4. The Morgan fingerprint density at radius 2 is 1.86 bits per heavy atom. The fourth-order valence-corrected chi connectivity index (χ4v) is 3.49. The number of carbonyl (C=O) groups excluding carboxylic acids is 1. The molecule has 0 bridgehead atoms. The van der Waals surface area contributed by atoms with Gasteiger partial charge in [-0.05, 0) is 36.2 Å². The zero-order valence-electron chi connectivity index (χ0n) is 15.7. The lowest BCUT2D eigenvalue weighted by Gasteiger charge is -2.06. The normalized spacial score (nSPS) is 11.0. The molecule has 0 aliphatic heterocycles. The van der Waals surface area contributed by atoms with Gasteiger partial charge < -0.3 is 5.32 Å². The van der Waals surface area contributed by atoms with Crippen LogP contribution in [-0.4, -0.2) is 31.5 Å². The third kappa shape index (κ3) is 4.27. The van der Waals surface area contributed by atoms with Gasteiger partial charge in [0.25, 0.3) is 0 Å². The number of nitrogens with zero attached hydrogens (tertiary/aromatic N) is 4. The molecule has 4 rings (SSSR count). The summed E-state index contributed by atoms with van der Waals surface area (Å²) in [6.45, 7) is 2.11. The molecule has 2 aromatic carbocycles. The number of nitrogens with one attached hydrogen (secondary N) is 1. The molecule has 1 N–H and O–H groups in total. The van der Waals surface area contributed by atoms with E-state index in [0.717, 1.165) is 17.7 Å². The number of benzene rings is 2. The van der Waals surface area contributed by atoms with Crippen LogP contribution in [0.4, 0.5) is 10.1 Å². The van der Waals surface area contributed by atoms with Crippen molar-refractivity contribution in [2.75, 3.05) is 11.1 Å². The molecule has 146 valence electrons. The number of aryl methyl sites for hydroxylation is 1. The minimum Gasteiger partial charge on any atom is -0.323 e. The highest BCUT2D eigenvalue weighted by molar-refractivity contribution is 7.99. The minimum absolute atomic E-state index is 0.0617. The number of para-hydroxylation sites is 1. The Morgan fingerprint density at radius 1 is 1.07 bits per heavy atom. The summed E-state index contributed by atoms with van der Waals surface area (Å²) in [4.78, 5) is 12.2. The van der Waals surface area contributed by atoms with Gasteiger partial charge >= 0.3 is 0 Å². The van der Waals surface area contributed by atoms with E-state index in [2.05, 4.69) is 39.7 Å². The van der Waals surface area contributed by atoms with Crippen LogP contribution >= 0.6 is 11.8 Å². The molecule has 8 heteroatoms. The molecule has 0 saturated heterocycles. The van der Waals surface area contributed by atoms with Crippen molar-refractivity contribution in [2.24, 2.45) is 0 Å². The van der Waals surface area contributed by atoms with Crippen LogP contribution in [0.1, 0.15) is 12.5 Å². The number of fused-ring (bicyclic) bond motifs is 1. The molecule has 0 aliphatic carbocycles. The van der Waals surface area contributed by atoms with Crippen molar-refractivity contribution in [3.8, 4) is 11.3 Å². The molecule has 29 heavy (non-hydrogen) atoms. The average molecular weight is 407 g/mol. The molecule has 1 amide bonds. The van der Waals surface area contributed by atoms with E-state index in [0.29, 0.717) is 10.8 Å². The second-order valence-corrected chi connectivity index (χ2v) is 7.28. The van der Waals surface area contributed by atoms with E-state index < -0.39 is 5.82 Å². The van der Waals surface area contributed by atoms with Crippen molar-refractivity contribution in [1.82, 2.24) is 19.8 Å². The van der Waals surface area contributed by atoms with Gasteiger partial charge in [-0.1, -0.05) is 55.1 Å². The molecular formula is C21H18FN5OS. The Bertz CT molecular complexity index is 1160. The van der Waals surface area contributed by atoms with Gasteiger partial charge in [-0.25, -0.2) is 4.39 Å². The van der Waals surface area contributed by atoms with Crippen molar-refractivity contribution in [2.45, 2.75) is 18.5 Å². The summed E-state index contributed by atoms with van der Waals surface area (Å²) in [6.07, 6.45) is 0.980. The van der Waals surface area contributed by atoms with Gasteiger partial charge in [-0.3, -0.25) is 4.79 Å². The number of hydrogen-bond donors (Lipinski definition) is 1. The van der Waals surface area contributed by atoms with E-state index in [1.54, 1.807) is 16.6 Å². The highest BCUT2D eigenvalue weighted by Crippen LogP contribution is 2.22. The molecule has 0 radical (unpaired) electrons. The van der Waals surface area contributed by atoms with Crippen molar-refractivity contribution < 1.29 is 9.18 Å². The fraction of sp³-hybridized carbons (Fsp3) is 0.143. The largest absolute Gasteiger partial charge is 0.323 e. The Labute approximate surface area is 171 Å². The van der Waals surface area contributed by atoms with Gasteiger partial charge in [0, 0.05) is 5.56 Å². The number of anilines is 1. The minimum atomic E-state index is -0.473. The second kappa shape index (κ2) is 8.40. The highest BCUT2D eigenvalue weighted by atomic mass is 32.2. The zero-order valence-corrected chi connectivity index (χ0v) is 16.5. The number of hydrogen-bond acceptors (Lipinski definition) is 5. The summed E-state index contributed by atoms with van der Waals surface area (Å²) in [5.41, 5.74) is 3.79. The van der Waals surface area contributed by atoms with Gasteiger partial charge in [0.1, 0.15) is 5.82 Å². The molecule has 0 spiro atoms. The predicted octanol–water partition coefficient (Wildman–Crippen LogP) is 4.22. The lowest BCUT2D eigenvalue weighted by molar-refractivity contribution is -0.113. The molecule has 6 nitrogen and oxygen atoms in total. The molecule has 0 fully saturated rings. The first-order chi connectivity index (χ1) is 14.1. The second-order valence-electron chi connectivity index (χ2n) is 6.34. The monoisotopic (exact) mass is 407 g/mol. The van der Waals surface area contributed by atoms with Crippen LogP contribution in [0, 0.1) is 5.82 Å². The molecular weight excluding hydrogens is 389 g/mol. The maximum Gasteiger partial charge on any atom is 0.234 e. The highest BCUT2D eigenvalue weighted by Gasteiger charge is 2.13. The van der Waals surface area contributed by atoms with E-state index in [1.807, 2.05) is 24.3 Å². The number of halogens is 1. The number of rotatable bonds is 6. The number of carbonyl (C=O) groups is 1. The average Bonchev–Trinajstić information content (AvgIpc) is 3.16. The Hall–Kier alpha value is -3.26. The summed E-state index contributed by atoms with van der Waals surface area (Å²) in [5, 5.41) is 15.9. The summed E-state index contributed by atoms with van der Waals surface area (Å²) in [6, 6.07) is 18.0. The van der Waals surface area contributed by atoms with E-state index in [4.69, 9.17) is 0 Å². The third-order valence-electron chi connectivity index (χ3n) is 4.37. The van der Waals surface area contributed by atoms with Crippen LogP contribution in [0.5, 0.6) is 0 Å².